The fraction of sp³-hybridized carbons (Fsp3) is 0.375. The molecule has 1 fully saturated rings. The molecule has 1 amide bonds. The molecular weight excluding hydrogens is 440 g/mol. The molecule has 33 heavy (non-hydrogen) atoms. The van der Waals surface area contributed by atoms with E-state index in [2.05, 4.69) is 5.10 Å². The van der Waals surface area contributed by atoms with Gasteiger partial charge in [-0.15, -0.1) is 0 Å². The molecule has 0 bridgehead atoms. The molecule has 0 saturated carbocycles. The second-order valence-corrected chi connectivity index (χ2v) is 9.45. The van der Waals surface area contributed by atoms with E-state index in [4.69, 9.17) is 4.74 Å². The summed E-state index contributed by atoms with van der Waals surface area (Å²) in [5, 5.41) is 4.53. The summed E-state index contributed by atoms with van der Waals surface area (Å²) in [7, 11) is -1.42. The van der Waals surface area contributed by atoms with E-state index in [1.54, 1.807) is 18.0 Å². The number of rotatable bonds is 8. The number of nitrogens with zero attached hydrogens (tertiary/aromatic N) is 4. The monoisotopic (exact) mass is 468 g/mol. The van der Waals surface area contributed by atoms with Crippen molar-refractivity contribution in [1.82, 2.24) is 19.2 Å². The Kier molecular flexibility index (Phi) is 7.39. The van der Waals surface area contributed by atoms with E-state index in [1.165, 1.54) is 0 Å². The number of carbonyl (C=O) groups excluding carboxylic acids is 2. The van der Waals surface area contributed by atoms with Crippen LogP contribution in [-0.2, 0) is 30.9 Å². The van der Waals surface area contributed by atoms with Crippen LogP contribution in [0, 0.1) is 5.92 Å². The zero-order valence-corrected chi connectivity index (χ0v) is 19.4. The van der Waals surface area contributed by atoms with Crippen molar-refractivity contribution < 1.29 is 18.5 Å². The van der Waals surface area contributed by atoms with Crippen molar-refractivity contribution in [1.29, 1.82) is 0 Å². The Bertz CT molecular complexity index is 1110. The number of carbonyl (C=O) groups is 2. The zero-order chi connectivity index (χ0) is 23.2. The molecule has 0 radical (unpaired) electrons. The minimum atomic E-state index is -1.42. The van der Waals surface area contributed by atoms with E-state index in [-0.39, 0.29) is 29.3 Å². The average molecular weight is 469 g/mol. The van der Waals surface area contributed by atoms with Gasteiger partial charge in [0.1, 0.15) is 11.6 Å². The first-order chi connectivity index (χ1) is 16.1. The van der Waals surface area contributed by atoms with E-state index in [1.807, 2.05) is 64.1 Å². The number of amides is 1. The normalized spacial score (nSPS) is 17.0. The quantitative estimate of drug-likeness (QED) is 0.475. The first-order valence-corrected chi connectivity index (χ1v) is 12.6. The Labute approximate surface area is 195 Å². The highest BCUT2D eigenvalue weighted by Crippen LogP contribution is 2.22. The van der Waals surface area contributed by atoms with Gasteiger partial charge in [0.15, 0.2) is 0 Å². The molecule has 1 saturated heterocycles. The number of hydrogen-bond acceptors (Lipinski definition) is 5. The molecule has 8 nitrogen and oxygen atoms in total. The Morgan fingerprint density at radius 3 is 2.64 bits per heavy atom. The van der Waals surface area contributed by atoms with E-state index in [0.29, 0.717) is 26.1 Å². The molecule has 2 aromatic heterocycles. The molecular formula is C24H28N4O4S. The summed E-state index contributed by atoms with van der Waals surface area (Å²) < 4.78 is 21.8. The topological polar surface area (TPSA) is 86.4 Å². The third-order valence-electron chi connectivity index (χ3n) is 5.66. The predicted octanol–water partition coefficient (Wildman–Crippen LogP) is 2.71. The number of benzene rings is 1. The molecule has 0 unspecified atom stereocenters. The molecule has 0 spiro atoms. The number of piperidine rings is 1. The van der Waals surface area contributed by atoms with Crippen molar-refractivity contribution in [3.05, 3.63) is 66.6 Å². The molecule has 1 aromatic carbocycles. The van der Waals surface area contributed by atoms with Gasteiger partial charge in [0, 0.05) is 41.8 Å². The Hall–Kier alpha value is -3.20. The van der Waals surface area contributed by atoms with Crippen molar-refractivity contribution in [2.24, 2.45) is 5.92 Å². The van der Waals surface area contributed by atoms with E-state index in [0.717, 1.165) is 23.5 Å². The molecule has 1 aliphatic heterocycles. The SMILES string of the molecule is CCOC(=O)[C@@H]1CCCN(C(=O)C[S@](=O)Cc2cnn(-c3ccccc3)c2-n2cccc2)C1. The standard InChI is InChI=1S/C24H28N4O4S/c1-2-32-24(30)19-9-8-14-27(16-19)22(29)18-33(31)17-20-15-25-28(21-10-4-3-5-11-21)23(20)26-12-6-7-13-26/h3-7,10-13,15,19H,2,8-9,14,16-18H2,1H3/t19-,33-/m1/s1. The summed E-state index contributed by atoms with van der Waals surface area (Å²) in [6.07, 6.45) is 6.99. The Balaban J connectivity index is 1.46. The van der Waals surface area contributed by atoms with Gasteiger partial charge < -0.3 is 14.2 Å². The number of ether oxygens (including phenoxy) is 1. The fourth-order valence-corrected chi connectivity index (χ4v) is 5.21. The fourth-order valence-electron chi connectivity index (χ4n) is 4.10. The largest absolute Gasteiger partial charge is 0.466 e. The second kappa shape index (κ2) is 10.6. The van der Waals surface area contributed by atoms with Crippen LogP contribution in [0.2, 0.25) is 0 Å². The highest BCUT2D eigenvalue weighted by atomic mass is 32.2. The minimum Gasteiger partial charge on any atom is -0.466 e. The molecule has 1 aliphatic rings. The maximum atomic E-state index is 13.0. The van der Waals surface area contributed by atoms with Crippen LogP contribution in [-0.4, -0.2) is 60.8 Å². The van der Waals surface area contributed by atoms with Gasteiger partial charge in [-0.3, -0.25) is 13.8 Å². The highest BCUT2D eigenvalue weighted by molar-refractivity contribution is 7.84. The van der Waals surface area contributed by atoms with Crippen LogP contribution in [0.5, 0.6) is 0 Å². The first-order valence-electron chi connectivity index (χ1n) is 11.1. The molecule has 2 atom stereocenters. The van der Waals surface area contributed by atoms with Gasteiger partial charge in [-0.2, -0.15) is 5.10 Å². The van der Waals surface area contributed by atoms with Crippen molar-refractivity contribution in [2.45, 2.75) is 25.5 Å². The molecule has 0 N–H and O–H groups in total. The minimum absolute atomic E-state index is 0.0861. The number of likely N-dealkylation sites (tertiary alicyclic amines) is 1. The smallest absolute Gasteiger partial charge is 0.310 e. The summed E-state index contributed by atoms with van der Waals surface area (Å²) in [6.45, 7) is 3.00. The lowest BCUT2D eigenvalue weighted by Crippen LogP contribution is -2.44. The van der Waals surface area contributed by atoms with Crippen molar-refractivity contribution in [2.75, 3.05) is 25.4 Å². The van der Waals surface area contributed by atoms with Crippen molar-refractivity contribution >= 4 is 22.7 Å². The lowest BCUT2D eigenvalue weighted by Gasteiger charge is -2.31. The lowest BCUT2D eigenvalue weighted by molar-refractivity contribution is -0.151. The van der Waals surface area contributed by atoms with Crippen LogP contribution >= 0.6 is 0 Å². The van der Waals surface area contributed by atoms with Gasteiger partial charge in [0.05, 0.1) is 30.2 Å². The van der Waals surface area contributed by atoms with Crippen LogP contribution < -0.4 is 0 Å². The van der Waals surface area contributed by atoms with Gasteiger partial charge in [-0.05, 0) is 44.0 Å². The highest BCUT2D eigenvalue weighted by Gasteiger charge is 2.30. The van der Waals surface area contributed by atoms with Crippen LogP contribution in [0.3, 0.4) is 0 Å². The molecule has 9 heteroatoms. The van der Waals surface area contributed by atoms with Crippen LogP contribution in [0.4, 0.5) is 0 Å². The number of para-hydroxylation sites is 1. The van der Waals surface area contributed by atoms with E-state index in [9.17, 15) is 13.8 Å². The van der Waals surface area contributed by atoms with E-state index < -0.39 is 10.8 Å². The first kappa shape index (κ1) is 23.0. The van der Waals surface area contributed by atoms with Gasteiger partial charge in [-0.25, -0.2) is 4.68 Å². The van der Waals surface area contributed by atoms with Gasteiger partial charge in [-0.1, -0.05) is 18.2 Å². The predicted molar refractivity (Wildman–Crippen MR) is 126 cm³/mol. The van der Waals surface area contributed by atoms with Gasteiger partial charge in [0.25, 0.3) is 0 Å². The van der Waals surface area contributed by atoms with Crippen LogP contribution in [0.15, 0.2) is 61.1 Å². The average Bonchev–Trinajstić information content (AvgIpc) is 3.49. The molecule has 3 aromatic rings. The second-order valence-electron chi connectivity index (χ2n) is 7.99. The zero-order valence-electron chi connectivity index (χ0n) is 18.6. The van der Waals surface area contributed by atoms with Gasteiger partial charge >= 0.3 is 5.97 Å². The number of esters is 1. The molecule has 3 heterocycles. The lowest BCUT2D eigenvalue weighted by atomic mass is 9.98. The maximum Gasteiger partial charge on any atom is 0.310 e. The summed E-state index contributed by atoms with van der Waals surface area (Å²) in [5.41, 5.74) is 1.69. The number of aromatic nitrogens is 3. The Morgan fingerprint density at radius 1 is 1.15 bits per heavy atom. The summed E-state index contributed by atoms with van der Waals surface area (Å²) >= 11 is 0. The van der Waals surface area contributed by atoms with Crippen molar-refractivity contribution in [3.63, 3.8) is 0 Å². The third kappa shape index (κ3) is 5.42. The van der Waals surface area contributed by atoms with Gasteiger partial charge in [0.2, 0.25) is 5.91 Å². The van der Waals surface area contributed by atoms with E-state index >= 15 is 0 Å². The Morgan fingerprint density at radius 2 is 1.91 bits per heavy atom. The van der Waals surface area contributed by atoms with Crippen molar-refractivity contribution in [3.8, 4) is 11.5 Å². The summed E-state index contributed by atoms with van der Waals surface area (Å²) in [5.74, 6) is 0.160. The third-order valence-corrected chi connectivity index (χ3v) is 6.86. The number of hydrogen-bond donors (Lipinski definition) is 0. The molecule has 0 aliphatic carbocycles. The van der Waals surface area contributed by atoms with Crippen LogP contribution in [0.1, 0.15) is 25.3 Å². The summed E-state index contributed by atoms with van der Waals surface area (Å²) in [4.78, 5) is 26.5. The summed E-state index contributed by atoms with van der Waals surface area (Å²) in [6, 6.07) is 13.6. The molecule has 174 valence electrons. The molecule has 4 rings (SSSR count). The van der Waals surface area contributed by atoms with Crippen LogP contribution in [0.25, 0.3) is 11.5 Å². The maximum absolute atomic E-state index is 13.0.